The molecular formula is C17H35N3. The molecule has 1 saturated heterocycles. The molecule has 2 fully saturated rings. The van der Waals surface area contributed by atoms with E-state index in [2.05, 4.69) is 37.5 Å². The highest BCUT2D eigenvalue weighted by Crippen LogP contribution is 2.44. The third-order valence-corrected chi connectivity index (χ3v) is 5.85. The summed E-state index contributed by atoms with van der Waals surface area (Å²) in [6, 6.07) is 0.749. The van der Waals surface area contributed by atoms with Crippen molar-refractivity contribution in [3.63, 3.8) is 0 Å². The van der Waals surface area contributed by atoms with E-state index < -0.39 is 0 Å². The molecule has 2 atom stereocenters. The zero-order valence-electron chi connectivity index (χ0n) is 14.1. The molecule has 2 rings (SSSR count). The van der Waals surface area contributed by atoms with Crippen LogP contribution in [-0.2, 0) is 0 Å². The normalized spacial score (nSPS) is 34.8. The maximum Gasteiger partial charge on any atom is 0.0337 e. The highest BCUT2D eigenvalue weighted by Gasteiger charge is 2.45. The van der Waals surface area contributed by atoms with Gasteiger partial charge in [0.05, 0.1) is 0 Å². The van der Waals surface area contributed by atoms with Crippen LogP contribution in [0.3, 0.4) is 0 Å². The Morgan fingerprint density at radius 3 is 2.45 bits per heavy atom. The largest absolute Gasteiger partial charge is 0.329 e. The van der Waals surface area contributed by atoms with Crippen LogP contribution < -0.4 is 5.73 Å². The Morgan fingerprint density at radius 2 is 1.90 bits per heavy atom. The Bertz CT molecular complexity index is 311. The van der Waals surface area contributed by atoms with Gasteiger partial charge in [0.1, 0.15) is 0 Å². The Hall–Kier alpha value is -0.120. The van der Waals surface area contributed by atoms with E-state index in [4.69, 9.17) is 5.73 Å². The molecule has 0 amide bonds. The summed E-state index contributed by atoms with van der Waals surface area (Å²) >= 11 is 0. The van der Waals surface area contributed by atoms with Crippen LogP contribution in [0.5, 0.6) is 0 Å². The molecule has 0 aromatic carbocycles. The third-order valence-electron chi connectivity index (χ3n) is 5.85. The first-order chi connectivity index (χ1) is 9.46. The van der Waals surface area contributed by atoms with Crippen LogP contribution in [0.15, 0.2) is 0 Å². The first-order valence-electron chi connectivity index (χ1n) is 8.65. The third kappa shape index (κ3) is 3.20. The molecule has 0 aromatic rings. The molecule has 3 heteroatoms. The second-order valence-electron chi connectivity index (χ2n) is 7.73. The van der Waals surface area contributed by atoms with E-state index in [9.17, 15) is 0 Å². The fourth-order valence-electron chi connectivity index (χ4n) is 4.75. The number of likely N-dealkylation sites (N-methyl/N-ethyl adjacent to an activating group) is 1. The van der Waals surface area contributed by atoms with E-state index in [0.29, 0.717) is 5.41 Å². The monoisotopic (exact) mass is 281 g/mol. The van der Waals surface area contributed by atoms with E-state index in [0.717, 1.165) is 12.6 Å². The summed E-state index contributed by atoms with van der Waals surface area (Å²) in [5, 5.41) is 0. The van der Waals surface area contributed by atoms with Crippen molar-refractivity contribution in [2.75, 3.05) is 32.7 Å². The Labute approximate surface area is 125 Å². The first kappa shape index (κ1) is 16.3. The lowest BCUT2D eigenvalue weighted by Crippen LogP contribution is -2.57. The maximum atomic E-state index is 6.27. The topological polar surface area (TPSA) is 32.5 Å². The minimum Gasteiger partial charge on any atom is -0.329 e. The minimum atomic E-state index is 0.281. The van der Waals surface area contributed by atoms with Crippen molar-refractivity contribution in [3.8, 4) is 0 Å². The quantitative estimate of drug-likeness (QED) is 0.841. The van der Waals surface area contributed by atoms with Gasteiger partial charge in [0, 0.05) is 31.2 Å². The van der Waals surface area contributed by atoms with Crippen LogP contribution in [0.25, 0.3) is 0 Å². The molecule has 2 aliphatic rings. The molecule has 1 saturated carbocycles. The van der Waals surface area contributed by atoms with Crippen LogP contribution in [0.2, 0.25) is 0 Å². The molecule has 0 spiro atoms. The van der Waals surface area contributed by atoms with Gasteiger partial charge in [0.15, 0.2) is 0 Å². The summed E-state index contributed by atoms with van der Waals surface area (Å²) in [7, 11) is 0. The average molecular weight is 281 g/mol. The second-order valence-corrected chi connectivity index (χ2v) is 7.73. The van der Waals surface area contributed by atoms with E-state index >= 15 is 0 Å². The SMILES string of the molecule is CCN(CC)C1CCN(C2(CN)CCCC(C)(C)C2)C1. The average Bonchev–Trinajstić information content (AvgIpc) is 2.89. The molecule has 0 radical (unpaired) electrons. The summed E-state index contributed by atoms with van der Waals surface area (Å²) in [6.45, 7) is 15.1. The molecule has 2 N–H and O–H groups in total. The van der Waals surface area contributed by atoms with Crippen molar-refractivity contribution < 1.29 is 0 Å². The molecule has 118 valence electrons. The summed E-state index contributed by atoms with van der Waals surface area (Å²) in [5.41, 5.74) is 7.02. The van der Waals surface area contributed by atoms with Crippen molar-refractivity contribution in [1.29, 1.82) is 0 Å². The predicted octanol–water partition coefficient (Wildman–Crippen LogP) is 2.70. The number of hydrogen-bond donors (Lipinski definition) is 1. The summed E-state index contributed by atoms with van der Waals surface area (Å²) < 4.78 is 0. The Morgan fingerprint density at radius 1 is 1.20 bits per heavy atom. The van der Waals surface area contributed by atoms with Crippen LogP contribution in [0.4, 0.5) is 0 Å². The lowest BCUT2D eigenvalue weighted by Gasteiger charge is -2.50. The molecule has 0 aromatic heterocycles. The van der Waals surface area contributed by atoms with Crippen molar-refractivity contribution >= 4 is 0 Å². The molecular weight excluding hydrogens is 246 g/mol. The van der Waals surface area contributed by atoms with Gasteiger partial charge in [-0.1, -0.05) is 34.1 Å². The maximum absolute atomic E-state index is 6.27. The number of rotatable bonds is 5. The van der Waals surface area contributed by atoms with Gasteiger partial charge in [-0.15, -0.1) is 0 Å². The molecule has 0 bridgehead atoms. The molecule has 20 heavy (non-hydrogen) atoms. The minimum absolute atomic E-state index is 0.281. The number of nitrogens with zero attached hydrogens (tertiary/aromatic N) is 2. The summed E-state index contributed by atoms with van der Waals surface area (Å²) in [4.78, 5) is 5.37. The second kappa shape index (κ2) is 6.33. The van der Waals surface area contributed by atoms with Crippen molar-refractivity contribution in [2.24, 2.45) is 11.1 Å². The lowest BCUT2D eigenvalue weighted by molar-refractivity contribution is 0.0208. The van der Waals surface area contributed by atoms with Crippen molar-refractivity contribution in [3.05, 3.63) is 0 Å². The van der Waals surface area contributed by atoms with E-state index in [1.54, 1.807) is 0 Å². The first-order valence-corrected chi connectivity index (χ1v) is 8.65. The van der Waals surface area contributed by atoms with Gasteiger partial charge >= 0.3 is 0 Å². The van der Waals surface area contributed by atoms with Crippen molar-refractivity contribution in [1.82, 2.24) is 9.80 Å². The molecule has 2 unspecified atom stereocenters. The van der Waals surface area contributed by atoms with Gasteiger partial charge in [-0.05, 0) is 44.2 Å². The Balaban J connectivity index is 2.06. The van der Waals surface area contributed by atoms with E-state index in [1.807, 2.05) is 0 Å². The molecule has 1 heterocycles. The highest BCUT2D eigenvalue weighted by molar-refractivity contribution is 5.02. The summed E-state index contributed by atoms with van der Waals surface area (Å²) in [6.07, 6.45) is 6.61. The summed E-state index contributed by atoms with van der Waals surface area (Å²) in [5.74, 6) is 0. The standard InChI is InChI=1S/C17H35N3/c1-5-19(6-2)15-8-11-20(12-15)17(14-18)10-7-9-16(3,4)13-17/h15H,5-14,18H2,1-4H3. The number of nitrogens with two attached hydrogens (primary N) is 1. The van der Waals surface area contributed by atoms with Gasteiger partial charge in [0.2, 0.25) is 0 Å². The van der Waals surface area contributed by atoms with Crippen LogP contribution in [0, 0.1) is 5.41 Å². The smallest absolute Gasteiger partial charge is 0.0337 e. The molecule has 3 nitrogen and oxygen atoms in total. The van der Waals surface area contributed by atoms with Crippen LogP contribution >= 0.6 is 0 Å². The number of likely N-dealkylation sites (tertiary alicyclic amines) is 1. The zero-order valence-corrected chi connectivity index (χ0v) is 14.1. The fourth-order valence-corrected chi connectivity index (χ4v) is 4.75. The highest BCUT2D eigenvalue weighted by atomic mass is 15.3. The van der Waals surface area contributed by atoms with Gasteiger partial charge in [0.25, 0.3) is 0 Å². The van der Waals surface area contributed by atoms with Gasteiger partial charge < -0.3 is 5.73 Å². The van der Waals surface area contributed by atoms with Crippen LogP contribution in [-0.4, -0.2) is 54.1 Å². The molecule has 1 aliphatic carbocycles. The Kier molecular flexibility index (Phi) is 5.14. The van der Waals surface area contributed by atoms with E-state index in [-0.39, 0.29) is 5.54 Å². The fraction of sp³-hybridized carbons (Fsp3) is 1.00. The van der Waals surface area contributed by atoms with Crippen molar-refractivity contribution in [2.45, 2.75) is 71.4 Å². The number of hydrogen-bond acceptors (Lipinski definition) is 3. The molecule has 1 aliphatic heterocycles. The zero-order chi connectivity index (χ0) is 14.8. The van der Waals surface area contributed by atoms with Gasteiger partial charge in [-0.2, -0.15) is 0 Å². The van der Waals surface area contributed by atoms with E-state index in [1.165, 1.54) is 58.3 Å². The van der Waals surface area contributed by atoms with Gasteiger partial charge in [-0.25, -0.2) is 0 Å². The lowest BCUT2D eigenvalue weighted by atomic mass is 9.67. The van der Waals surface area contributed by atoms with Crippen LogP contribution in [0.1, 0.15) is 59.8 Å². The predicted molar refractivity (Wildman–Crippen MR) is 86.9 cm³/mol. The van der Waals surface area contributed by atoms with Gasteiger partial charge in [-0.3, -0.25) is 9.80 Å².